The van der Waals surface area contributed by atoms with E-state index >= 15 is 0 Å². The van der Waals surface area contributed by atoms with Gasteiger partial charge in [0.2, 0.25) is 0 Å². The Morgan fingerprint density at radius 3 is 2.27 bits per heavy atom. The Morgan fingerprint density at radius 2 is 1.80 bits per heavy atom. The van der Waals surface area contributed by atoms with E-state index in [0.29, 0.717) is 12.8 Å². The van der Waals surface area contributed by atoms with Crippen LogP contribution >= 0.6 is 0 Å². The van der Waals surface area contributed by atoms with Crippen molar-refractivity contribution in [3.63, 3.8) is 0 Å². The lowest BCUT2D eigenvalue weighted by Crippen LogP contribution is -2.19. The van der Waals surface area contributed by atoms with Crippen molar-refractivity contribution in [2.75, 3.05) is 0 Å². The third-order valence-electron chi connectivity index (χ3n) is 2.67. The standard InChI is InChI=1S/C13H14N2/c1-11-4-6-12(7-5-11)13(2,10-15)8-3-9-14/h4-7H,3,8H2,1-2H3. The number of nitrogens with zero attached hydrogens (tertiary/aromatic N) is 2. The van der Waals surface area contributed by atoms with E-state index in [-0.39, 0.29) is 0 Å². The number of hydrogen-bond acceptors (Lipinski definition) is 2. The third kappa shape index (κ3) is 2.58. The van der Waals surface area contributed by atoms with Gasteiger partial charge in [0.25, 0.3) is 0 Å². The van der Waals surface area contributed by atoms with Crippen molar-refractivity contribution in [1.29, 1.82) is 10.5 Å². The Balaban J connectivity index is 2.97. The van der Waals surface area contributed by atoms with Gasteiger partial charge >= 0.3 is 0 Å². The van der Waals surface area contributed by atoms with E-state index in [1.54, 1.807) is 0 Å². The molecule has 0 aliphatic rings. The second-order valence-electron chi connectivity index (χ2n) is 3.97. The predicted octanol–water partition coefficient (Wildman–Crippen LogP) is 3.08. The first-order valence-corrected chi connectivity index (χ1v) is 4.98. The van der Waals surface area contributed by atoms with Gasteiger partial charge in [-0.2, -0.15) is 10.5 Å². The number of nitriles is 2. The molecule has 1 aromatic rings. The fourth-order valence-corrected chi connectivity index (χ4v) is 1.49. The maximum absolute atomic E-state index is 9.18. The summed E-state index contributed by atoms with van der Waals surface area (Å²) in [5.41, 5.74) is 1.63. The Labute approximate surface area is 90.8 Å². The van der Waals surface area contributed by atoms with Crippen LogP contribution in [-0.4, -0.2) is 0 Å². The van der Waals surface area contributed by atoms with Crippen molar-refractivity contribution in [2.24, 2.45) is 0 Å². The Morgan fingerprint density at radius 1 is 1.20 bits per heavy atom. The highest BCUT2D eigenvalue weighted by atomic mass is 14.4. The molecule has 0 saturated carbocycles. The molecular weight excluding hydrogens is 184 g/mol. The summed E-state index contributed by atoms with van der Waals surface area (Å²) >= 11 is 0. The lowest BCUT2D eigenvalue weighted by molar-refractivity contribution is 0.562. The molecular formula is C13H14N2. The highest BCUT2D eigenvalue weighted by molar-refractivity contribution is 5.33. The number of hydrogen-bond donors (Lipinski definition) is 0. The van der Waals surface area contributed by atoms with E-state index in [1.807, 2.05) is 38.1 Å². The molecule has 2 nitrogen and oxygen atoms in total. The summed E-state index contributed by atoms with van der Waals surface area (Å²) in [5, 5.41) is 17.7. The van der Waals surface area contributed by atoms with Gasteiger partial charge in [-0.25, -0.2) is 0 Å². The van der Waals surface area contributed by atoms with Crippen LogP contribution in [0.3, 0.4) is 0 Å². The van der Waals surface area contributed by atoms with E-state index in [0.717, 1.165) is 5.56 Å². The molecule has 0 radical (unpaired) electrons. The number of rotatable bonds is 3. The van der Waals surface area contributed by atoms with Crippen molar-refractivity contribution in [2.45, 2.75) is 32.1 Å². The zero-order chi connectivity index (χ0) is 11.3. The molecule has 0 bridgehead atoms. The molecule has 0 amide bonds. The second kappa shape index (κ2) is 4.62. The SMILES string of the molecule is Cc1ccc(C(C)(C#N)CCC#N)cc1. The van der Waals surface area contributed by atoms with Crippen LogP contribution in [0.15, 0.2) is 24.3 Å². The Bertz CT molecular complexity index is 406. The molecule has 1 rings (SSSR count). The highest BCUT2D eigenvalue weighted by Gasteiger charge is 2.25. The molecule has 0 spiro atoms. The third-order valence-corrected chi connectivity index (χ3v) is 2.67. The minimum absolute atomic E-state index is 0.415. The molecule has 15 heavy (non-hydrogen) atoms. The van der Waals surface area contributed by atoms with Gasteiger partial charge in [-0.3, -0.25) is 0 Å². The highest BCUT2D eigenvalue weighted by Crippen LogP contribution is 2.28. The lowest BCUT2D eigenvalue weighted by Gasteiger charge is -2.20. The maximum Gasteiger partial charge on any atom is 0.0804 e. The second-order valence-corrected chi connectivity index (χ2v) is 3.97. The fourth-order valence-electron chi connectivity index (χ4n) is 1.49. The van der Waals surface area contributed by atoms with E-state index in [4.69, 9.17) is 5.26 Å². The van der Waals surface area contributed by atoms with Gasteiger partial charge in [0.15, 0.2) is 0 Å². The first kappa shape index (κ1) is 11.3. The molecule has 0 aromatic heterocycles. The van der Waals surface area contributed by atoms with E-state index < -0.39 is 5.41 Å². The van der Waals surface area contributed by atoms with E-state index in [2.05, 4.69) is 12.1 Å². The molecule has 0 fully saturated rings. The van der Waals surface area contributed by atoms with Crippen molar-refractivity contribution in [3.8, 4) is 12.1 Å². The van der Waals surface area contributed by atoms with Crippen LogP contribution in [-0.2, 0) is 5.41 Å². The summed E-state index contributed by atoms with van der Waals surface area (Å²) in [6.07, 6.45) is 1.00. The maximum atomic E-state index is 9.18. The average molecular weight is 198 g/mol. The largest absolute Gasteiger partial charge is 0.198 e. The number of benzene rings is 1. The molecule has 1 atom stereocenters. The van der Waals surface area contributed by atoms with Crippen molar-refractivity contribution < 1.29 is 0 Å². The molecule has 2 heteroatoms. The van der Waals surface area contributed by atoms with Gasteiger partial charge in [0.05, 0.1) is 17.6 Å². The van der Waals surface area contributed by atoms with E-state index in [1.165, 1.54) is 5.56 Å². The van der Waals surface area contributed by atoms with Gasteiger partial charge in [-0.15, -0.1) is 0 Å². The smallest absolute Gasteiger partial charge is 0.0804 e. The van der Waals surface area contributed by atoms with Crippen LogP contribution in [0.25, 0.3) is 0 Å². The predicted molar refractivity (Wildman–Crippen MR) is 59.0 cm³/mol. The molecule has 76 valence electrons. The van der Waals surface area contributed by atoms with E-state index in [9.17, 15) is 5.26 Å². The Hall–Kier alpha value is -1.80. The van der Waals surface area contributed by atoms with Crippen LogP contribution in [0.2, 0.25) is 0 Å². The molecule has 0 aliphatic heterocycles. The topological polar surface area (TPSA) is 47.6 Å². The van der Waals surface area contributed by atoms with Crippen molar-refractivity contribution >= 4 is 0 Å². The van der Waals surface area contributed by atoms with Crippen molar-refractivity contribution in [1.82, 2.24) is 0 Å². The average Bonchev–Trinajstić information content (AvgIpc) is 2.27. The van der Waals surface area contributed by atoms with Gasteiger partial charge < -0.3 is 0 Å². The Kier molecular flexibility index (Phi) is 3.47. The van der Waals surface area contributed by atoms with Crippen LogP contribution < -0.4 is 0 Å². The summed E-state index contributed by atoms with van der Waals surface area (Å²) in [5.74, 6) is 0. The van der Waals surface area contributed by atoms with Crippen LogP contribution in [0.5, 0.6) is 0 Å². The normalized spacial score (nSPS) is 13.6. The van der Waals surface area contributed by atoms with Crippen LogP contribution in [0.4, 0.5) is 0 Å². The monoisotopic (exact) mass is 198 g/mol. The summed E-state index contributed by atoms with van der Waals surface area (Å²) in [6.45, 7) is 3.90. The fraction of sp³-hybridized carbons (Fsp3) is 0.385. The van der Waals surface area contributed by atoms with Crippen LogP contribution in [0.1, 0.15) is 30.9 Å². The summed E-state index contributed by atoms with van der Waals surface area (Å²) < 4.78 is 0. The summed E-state index contributed by atoms with van der Waals surface area (Å²) in [6, 6.07) is 12.3. The van der Waals surface area contributed by atoms with Crippen LogP contribution in [0, 0.1) is 29.6 Å². The lowest BCUT2D eigenvalue weighted by atomic mass is 9.80. The zero-order valence-electron chi connectivity index (χ0n) is 9.12. The first-order valence-electron chi connectivity index (χ1n) is 4.98. The molecule has 1 aromatic carbocycles. The molecule has 0 heterocycles. The van der Waals surface area contributed by atoms with Gasteiger partial charge in [-0.05, 0) is 25.8 Å². The minimum atomic E-state index is -0.538. The summed E-state index contributed by atoms with van der Waals surface area (Å²) in [7, 11) is 0. The molecule has 0 N–H and O–H groups in total. The zero-order valence-corrected chi connectivity index (χ0v) is 9.12. The van der Waals surface area contributed by atoms with Crippen molar-refractivity contribution in [3.05, 3.63) is 35.4 Å². The molecule has 0 aliphatic carbocycles. The minimum Gasteiger partial charge on any atom is -0.198 e. The summed E-state index contributed by atoms with van der Waals surface area (Å²) in [4.78, 5) is 0. The van der Waals surface area contributed by atoms with Gasteiger partial charge in [0.1, 0.15) is 0 Å². The molecule has 0 saturated heterocycles. The first-order chi connectivity index (χ1) is 7.12. The van der Waals surface area contributed by atoms with Gasteiger partial charge in [-0.1, -0.05) is 29.8 Å². The van der Waals surface area contributed by atoms with Gasteiger partial charge in [0, 0.05) is 6.42 Å². The number of aryl methyl sites for hydroxylation is 1. The molecule has 1 unspecified atom stereocenters. The quantitative estimate of drug-likeness (QED) is 0.749.